The lowest BCUT2D eigenvalue weighted by molar-refractivity contribution is 0.208. The van der Waals surface area contributed by atoms with Gasteiger partial charge in [-0.05, 0) is 37.9 Å². The second-order valence-corrected chi connectivity index (χ2v) is 6.58. The topological polar surface area (TPSA) is 82.5 Å². The van der Waals surface area contributed by atoms with E-state index >= 15 is 0 Å². The maximum Gasteiger partial charge on any atom is 0.241 e. The average molecular weight is 285 g/mol. The van der Waals surface area contributed by atoms with Gasteiger partial charge in [0.1, 0.15) is 10.7 Å². The van der Waals surface area contributed by atoms with Gasteiger partial charge < -0.3 is 10.0 Å². The Labute approximate surface area is 113 Å². The first kappa shape index (κ1) is 14.2. The molecule has 0 aliphatic carbocycles. The molecule has 1 saturated heterocycles. The van der Waals surface area contributed by atoms with E-state index < -0.39 is 10.0 Å². The summed E-state index contributed by atoms with van der Waals surface area (Å²) in [6, 6.07) is 3.26. The van der Waals surface area contributed by atoms with Crippen molar-refractivity contribution in [1.82, 2.24) is 9.71 Å². The lowest BCUT2D eigenvalue weighted by atomic mass is 9.99. The zero-order chi connectivity index (χ0) is 13.9. The Morgan fingerprint density at radius 3 is 2.89 bits per heavy atom. The number of hydrogen-bond acceptors (Lipinski definition) is 5. The van der Waals surface area contributed by atoms with E-state index in [2.05, 4.69) is 14.6 Å². The summed E-state index contributed by atoms with van der Waals surface area (Å²) >= 11 is 0. The van der Waals surface area contributed by atoms with Gasteiger partial charge in [0.05, 0.1) is 0 Å². The molecular formula is C12H19N3O3S. The van der Waals surface area contributed by atoms with Crippen LogP contribution in [0.15, 0.2) is 23.2 Å². The van der Waals surface area contributed by atoms with Gasteiger partial charge in [-0.2, -0.15) is 0 Å². The number of aromatic nitrogens is 1. The molecule has 1 aliphatic heterocycles. The smallest absolute Gasteiger partial charge is 0.241 e. The normalized spacial score (nSPS) is 20.5. The van der Waals surface area contributed by atoms with Crippen LogP contribution in [0.4, 0.5) is 5.82 Å². The summed E-state index contributed by atoms with van der Waals surface area (Å²) in [4.78, 5) is 6.46. The summed E-state index contributed by atoms with van der Waals surface area (Å²) in [5, 5.41) is 9.20. The molecule has 1 fully saturated rings. The number of nitrogens with one attached hydrogen (secondary N) is 1. The highest BCUT2D eigenvalue weighted by molar-refractivity contribution is 7.89. The first-order valence-electron chi connectivity index (χ1n) is 6.32. The molecule has 2 heterocycles. The van der Waals surface area contributed by atoms with Crippen LogP contribution in [0, 0.1) is 5.92 Å². The fraction of sp³-hybridized carbons (Fsp3) is 0.583. The molecule has 1 atom stereocenters. The molecule has 0 radical (unpaired) electrons. The lowest BCUT2D eigenvalue weighted by Gasteiger charge is -2.32. The molecule has 2 rings (SSSR count). The molecule has 1 aromatic rings. The van der Waals surface area contributed by atoms with Gasteiger partial charge in [-0.1, -0.05) is 0 Å². The summed E-state index contributed by atoms with van der Waals surface area (Å²) in [6.45, 7) is 1.84. The van der Waals surface area contributed by atoms with Crippen LogP contribution < -0.4 is 9.62 Å². The second kappa shape index (κ2) is 5.85. The highest BCUT2D eigenvalue weighted by Crippen LogP contribution is 2.22. The highest BCUT2D eigenvalue weighted by atomic mass is 32.2. The SMILES string of the molecule is CNS(=O)(=O)c1ccc(N2CCCC(CO)C2)nc1. The molecule has 1 aliphatic rings. The zero-order valence-electron chi connectivity index (χ0n) is 10.9. The Morgan fingerprint density at radius 2 is 2.32 bits per heavy atom. The van der Waals surface area contributed by atoms with Gasteiger partial charge in [0.25, 0.3) is 0 Å². The van der Waals surface area contributed by atoms with Gasteiger partial charge in [0.15, 0.2) is 0 Å². The summed E-state index contributed by atoms with van der Waals surface area (Å²) in [5.74, 6) is 1.03. The van der Waals surface area contributed by atoms with Crippen molar-refractivity contribution in [3.8, 4) is 0 Å². The van der Waals surface area contributed by atoms with Crippen LogP contribution in [-0.2, 0) is 10.0 Å². The van der Waals surface area contributed by atoms with Crippen molar-refractivity contribution in [2.24, 2.45) is 5.92 Å². The van der Waals surface area contributed by atoms with E-state index in [-0.39, 0.29) is 17.4 Å². The number of hydrogen-bond donors (Lipinski definition) is 2. The van der Waals surface area contributed by atoms with E-state index in [4.69, 9.17) is 0 Å². The van der Waals surface area contributed by atoms with Crippen molar-refractivity contribution in [2.75, 3.05) is 31.6 Å². The zero-order valence-corrected chi connectivity index (χ0v) is 11.7. The molecule has 106 valence electrons. The van der Waals surface area contributed by atoms with Gasteiger partial charge in [-0.3, -0.25) is 0 Å². The molecule has 0 spiro atoms. The van der Waals surface area contributed by atoms with Crippen LogP contribution in [0.3, 0.4) is 0 Å². The molecule has 0 saturated carbocycles. The van der Waals surface area contributed by atoms with Crippen LogP contribution in [0.25, 0.3) is 0 Å². The standard InChI is InChI=1S/C12H19N3O3S/c1-13-19(17,18)11-4-5-12(14-7-11)15-6-2-3-10(8-15)9-16/h4-5,7,10,13,16H,2-3,6,8-9H2,1H3. The van der Waals surface area contributed by atoms with Crippen molar-refractivity contribution in [3.05, 3.63) is 18.3 Å². The Bertz CT molecular complexity index is 516. The van der Waals surface area contributed by atoms with Crippen molar-refractivity contribution < 1.29 is 13.5 Å². The molecule has 6 nitrogen and oxygen atoms in total. The van der Waals surface area contributed by atoms with Crippen molar-refractivity contribution >= 4 is 15.8 Å². The first-order chi connectivity index (χ1) is 9.06. The number of aliphatic hydroxyl groups excluding tert-OH is 1. The number of aliphatic hydroxyl groups is 1. The van der Waals surface area contributed by atoms with E-state index in [1.54, 1.807) is 12.1 Å². The third-order valence-corrected chi connectivity index (χ3v) is 4.80. The van der Waals surface area contributed by atoms with Crippen LogP contribution in [0.1, 0.15) is 12.8 Å². The van der Waals surface area contributed by atoms with E-state index in [9.17, 15) is 13.5 Å². The number of sulfonamides is 1. The summed E-state index contributed by atoms with van der Waals surface area (Å²) < 4.78 is 25.4. The summed E-state index contributed by atoms with van der Waals surface area (Å²) in [7, 11) is -2.06. The molecule has 1 unspecified atom stereocenters. The second-order valence-electron chi connectivity index (χ2n) is 4.70. The van der Waals surface area contributed by atoms with Gasteiger partial charge in [0, 0.05) is 25.9 Å². The Kier molecular flexibility index (Phi) is 4.38. The number of piperidine rings is 1. The molecule has 0 amide bonds. The molecule has 7 heteroatoms. The van der Waals surface area contributed by atoms with Gasteiger partial charge in [-0.15, -0.1) is 0 Å². The molecule has 0 bridgehead atoms. The summed E-state index contributed by atoms with van der Waals surface area (Å²) in [6.07, 6.45) is 3.41. The fourth-order valence-electron chi connectivity index (χ4n) is 2.26. The number of anilines is 1. The first-order valence-corrected chi connectivity index (χ1v) is 7.80. The fourth-order valence-corrected chi connectivity index (χ4v) is 2.93. The van der Waals surface area contributed by atoms with Gasteiger partial charge >= 0.3 is 0 Å². The molecule has 2 N–H and O–H groups in total. The summed E-state index contributed by atoms with van der Waals surface area (Å²) in [5.41, 5.74) is 0. The van der Waals surface area contributed by atoms with E-state index in [1.807, 2.05) is 0 Å². The predicted octanol–water partition coefficient (Wildman–Crippen LogP) is 0.198. The molecule has 1 aromatic heterocycles. The Balaban J connectivity index is 2.14. The minimum Gasteiger partial charge on any atom is -0.396 e. The van der Waals surface area contributed by atoms with Crippen LogP contribution in [0.5, 0.6) is 0 Å². The highest BCUT2D eigenvalue weighted by Gasteiger charge is 2.20. The number of nitrogens with zero attached hydrogens (tertiary/aromatic N) is 2. The van der Waals surface area contributed by atoms with E-state index in [1.165, 1.54) is 13.2 Å². The molecule has 19 heavy (non-hydrogen) atoms. The number of pyridine rings is 1. The third-order valence-electron chi connectivity index (χ3n) is 3.40. The maximum atomic E-state index is 11.6. The van der Waals surface area contributed by atoms with Crippen LogP contribution in [-0.4, -0.2) is 45.3 Å². The predicted molar refractivity (Wildman–Crippen MR) is 72.5 cm³/mol. The Morgan fingerprint density at radius 1 is 1.53 bits per heavy atom. The monoisotopic (exact) mass is 285 g/mol. The lowest BCUT2D eigenvalue weighted by Crippen LogP contribution is -2.37. The quantitative estimate of drug-likeness (QED) is 0.825. The van der Waals surface area contributed by atoms with Crippen molar-refractivity contribution in [3.63, 3.8) is 0 Å². The van der Waals surface area contributed by atoms with E-state index in [0.717, 1.165) is 31.7 Å². The Hall–Kier alpha value is -1.18. The largest absolute Gasteiger partial charge is 0.396 e. The van der Waals surface area contributed by atoms with Gasteiger partial charge in [-0.25, -0.2) is 18.1 Å². The molecule has 0 aromatic carbocycles. The third kappa shape index (κ3) is 3.23. The van der Waals surface area contributed by atoms with Crippen molar-refractivity contribution in [1.29, 1.82) is 0 Å². The van der Waals surface area contributed by atoms with Gasteiger partial charge in [0.2, 0.25) is 10.0 Å². The minimum atomic E-state index is -3.43. The number of rotatable bonds is 4. The minimum absolute atomic E-state index is 0.162. The van der Waals surface area contributed by atoms with Crippen LogP contribution >= 0.6 is 0 Å². The van der Waals surface area contributed by atoms with E-state index in [0.29, 0.717) is 0 Å². The average Bonchev–Trinajstić information content (AvgIpc) is 2.47. The van der Waals surface area contributed by atoms with Crippen molar-refractivity contribution in [2.45, 2.75) is 17.7 Å². The van der Waals surface area contributed by atoms with Crippen LogP contribution in [0.2, 0.25) is 0 Å². The molecular weight excluding hydrogens is 266 g/mol. The maximum absolute atomic E-state index is 11.6.